The van der Waals surface area contributed by atoms with Gasteiger partial charge in [-0.25, -0.2) is 4.98 Å². The number of carbonyl (C=O) groups is 2. The molecule has 3 saturated carbocycles. The zero-order valence-corrected chi connectivity index (χ0v) is 20.5. The van der Waals surface area contributed by atoms with Gasteiger partial charge in [0.1, 0.15) is 5.82 Å². The molecule has 3 unspecified atom stereocenters. The average Bonchev–Trinajstić information content (AvgIpc) is 3.53. The van der Waals surface area contributed by atoms with Crippen LogP contribution in [-0.2, 0) is 22.6 Å². The van der Waals surface area contributed by atoms with Gasteiger partial charge in [0.2, 0.25) is 11.8 Å². The van der Waals surface area contributed by atoms with Crippen molar-refractivity contribution in [3.8, 4) is 11.1 Å². The summed E-state index contributed by atoms with van der Waals surface area (Å²) in [5, 5.41) is 8.17. The number of rotatable bonds is 4. The molecule has 4 bridgehead atoms. The number of aromatic nitrogens is 3. The molecule has 3 N–H and O–H groups in total. The Labute approximate surface area is 204 Å². The van der Waals surface area contributed by atoms with E-state index in [4.69, 9.17) is 17.3 Å². The number of halogens is 1. The summed E-state index contributed by atoms with van der Waals surface area (Å²) in [6.07, 6.45) is 5.29. The summed E-state index contributed by atoms with van der Waals surface area (Å²) in [4.78, 5) is 31.9. The molecule has 5 heterocycles. The lowest BCUT2D eigenvalue weighted by Gasteiger charge is -2.54. The van der Waals surface area contributed by atoms with Gasteiger partial charge in [0, 0.05) is 48.6 Å². The minimum absolute atomic E-state index is 0.0164. The molecule has 9 heteroatoms. The van der Waals surface area contributed by atoms with Crippen molar-refractivity contribution >= 4 is 29.2 Å². The number of nitrogens with zero attached hydrogens (tertiary/aromatic N) is 4. The second-order valence-electron chi connectivity index (χ2n) is 11.5. The Bertz CT molecular complexity index is 1180. The second kappa shape index (κ2) is 7.52. The zero-order chi connectivity index (χ0) is 23.9. The first kappa shape index (κ1) is 22.0. The average molecular weight is 483 g/mol. The Kier molecular flexibility index (Phi) is 4.88. The van der Waals surface area contributed by atoms with Crippen molar-refractivity contribution in [2.75, 3.05) is 18.4 Å². The molecule has 0 spiro atoms. The number of pyridine rings is 1. The molecule has 8 nitrogen and oxygen atoms in total. The fraction of sp³-hybridized carbons (Fsp3) is 0.600. The van der Waals surface area contributed by atoms with E-state index in [1.165, 1.54) is 5.69 Å². The Morgan fingerprint density at radius 2 is 1.94 bits per heavy atom. The van der Waals surface area contributed by atoms with Crippen LogP contribution in [0.3, 0.4) is 0 Å². The fourth-order valence-corrected chi connectivity index (χ4v) is 7.32. The smallest absolute Gasteiger partial charge is 0.239 e. The molecule has 3 aliphatic heterocycles. The molecular weight excluding hydrogens is 452 g/mol. The van der Waals surface area contributed by atoms with Crippen LogP contribution in [0.5, 0.6) is 0 Å². The van der Waals surface area contributed by atoms with Crippen LogP contribution >= 0.6 is 11.6 Å². The molecule has 8 rings (SSSR count). The monoisotopic (exact) mass is 482 g/mol. The van der Waals surface area contributed by atoms with Crippen LogP contribution in [0, 0.1) is 35.0 Å². The van der Waals surface area contributed by atoms with E-state index in [1.54, 1.807) is 13.1 Å². The number of piperidine rings is 2. The quantitative estimate of drug-likeness (QED) is 0.697. The van der Waals surface area contributed by atoms with Crippen LogP contribution in [0.1, 0.15) is 32.9 Å². The lowest BCUT2D eigenvalue weighted by atomic mass is 9.59. The first-order valence-electron chi connectivity index (χ1n) is 12.2. The Balaban J connectivity index is 1.17. The normalized spacial score (nSPS) is 31.1. The van der Waals surface area contributed by atoms with E-state index in [0.717, 1.165) is 43.6 Å². The molecule has 2 amide bonds. The van der Waals surface area contributed by atoms with E-state index >= 15 is 0 Å². The van der Waals surface area contributed by atoms with Crippen LogP contribution in [0.4, 0.5) is 5.82 Å². The Hall–Kier alpha value is -2.45. The van der Waals surface area contributed by atoms with E-state index in [-0.39, 0.29) is 23.1 Å². The lowest BCUT2D eigenvalue weighted by Crippen LogP contribution is -2.61. The highest BCUT2D eigenvalue weighted by Gasteiger charge is 2.65. The van der Waals surface area contributed by atoms with Crippen LogP contribution in [-0.4, -0.2) is 50.6 Å². The Morgan fingerprint density at radius 1 is 1.21 bits per heavy atom. The van der Waals surface area contributed by atoms with Crippen molar-refractivity contribution in [1.82, 2.24) is 19.7 Å². The van der Waals surface area contributed by atoms with Crippen molar-refractivity contribution in [3.05, 3.63) is 29.2 Å². The number of hydrogen-bond donors (Lipinski definition) is 2. The van der Waals surface area contributed by atoms with Gasteiger partial charge in [-0.2, -0.15) is 5.10 Å². The van der Waals surface area contributed by atoms with E-state index in [2.05, 4.69) is 29.2 Å². The minimum atomic E-state index is -0.470. The number of nitrogens with two attached hydrogens (primary N) is 1. The van der Waals surface area contributed by atoms with Crippen molar-refractivity contribution < 1.29 is 9.59 Å². The number of hydrogen-bond acceptors (Lipinski definition) is 5. The lowest BCUT2D eigenvalue weighted by molar-refractivity contribution is -0.146. The summed E-state index contributed by atoms with van der Waals surface area (Å²) in [6.45, 7) is 8.54. The maximum Gasteiger partial charge on any atom is 0.239 e. The summed E-state index contributed by atoms with van der Waals surface area (Å²) in [6, 6.07) is 1.40. The molecule has 5 fully saturated rings. The van der Waals surface area contributed by atoms with Gasteiger partial charge >= 0.3 is 0 Å². The first-order chi connectivity index (χ1) is 16.1. The molecular formula is C25H31ClN6O2. The van der Waals surface area contributed by atoms with E-state index in [0.29, 0.717) is 34.5 Å². The van der Waals surface area contributed by atoms with E-state index in [9.17, 15) is 9.59 Å². The predicted octanol–water partition coefficient (Wildman–Crippen LogP) is 2.81. The van der Waals surface area contributed by atoms with Gasteiger partial charge in [0.05, 0.1) is 17.3 Å². The third-order valence-corrected chi connectivity index (χ3v) is 8.85. The Morgan fingerprint density at radius 3 is 2.65 bits per heavy atom. The van der Waals surface area contributed by atoms with Crippen LogP contribution in [0.2, 0.25) is 5.02 Å². The van der Waals surface area contributed by atoms with Crippen molar-refractivity contribution in [2.45, 2.75) is 46.2 Å². The zero-order valence-electron chi connectivity index (χ0n) is 19.8. The molecule has 6 atom stereocenters. The molecule has 2 saturated heterocycles. The highest BCUT2D eigenvalue weighted by Crippen LogP contribution is 2.63. The van der Waals surface area contributed by atoms with E-state index in [1.807, 2.05) is 21.8 Å². The number of fused-ring (bicyclic) bond motifs is 4. The molecule has 0 aromatic carbocycles. The van der Waals surface area contributed by atoms with Gasteiger partial charge in [0.15, 0.2) is 0 Å². The topological polar surface area (TPSA) is 106 Å². The maximum atomic E-state index is 13.3. The summed E-state index contributed by atoms with van der Waals surface area (Å²) >= 11 is 6.53. The molecule has 2 aromatic heterocycles. The van der Waals surface area contributed by atoms with Gasteiger partial charge in [-0.15, -0.1) is 0 Å². The van der Waals surface area contributed by atoms with Crippen LogP contribution in [0.25, 0.3) is 11.1 Å². The number of anilines is 1. The largest absolute Gasteiger partial charge is 0.341 e. The first-order valence-corrected chi connectivity index (χ1v) is 12.6. The van der Waals surface area contributed by atoms with Crippen molar-refractivity contribution in [3.63, 3.8) is 0 Å². The predicted molar refractivity (Wildman–Crippen MR) is 129 cm³/mol. The molecule has 34 heavy (non-hydrogen) atoms. The van der Waals surface area contributed by atoms with Crippen molar-refractivity contribution in [2.24, 2.45) is 40.7 Å². The summed E-state index contributed by atoms with van der Waals surface area (Å²) in [5.74, 6) is 2.21. The highest BCUT2D eigenvalue weighted by atomic mass is 35.5. The summed E-state index contributed by atoms with van der Waals surface area (Å²) < 4.78 is 2.05. The molecule has 180 valence electrons. The second-order valence-corrected chi connectivity index (χ2v) is 11.9. The number of amides is 2. The molecule has 6 aliphatic rings. The number of nitrogens with one attached hydrogen (secondary N) is 1. The SMILES string of the molecule is C[C@@H](N)C(=O)N1C[C@@H]2C3CC(C(=O)Nc4cc(-c5cnn6c5CC(C)(C)C6)c(Cl)cn4)C2[C@H]3C1. The maximum absolute atomic E-state index is 13.3. The van der Waals surface area contributed by atoms with Gasteiger partial charge in [-0.3, -0.25) is 14.3 Å². The van der Waals surface area contributed by atoms with Gasteiger partial charge in [0.25, 0.3) is 0 Å². The van der Waals surface area contributed by atoms with Gasteiger partial charge in [-0.05, 0) is 54.9 Å². The highest BCUT2D eigenvalue weighted by molar-refractivity contribution is 6.33. The summed E-state index contributed by atoms with van der Waals surface area (Å²) in [7, 11) is 0. The van der Waals surface area contributed by atoms with Crippen LogP contribution in [0.15, 0.2) is 18.5 Å². The van der Waals surface area contributed by atoms with Gasteiger partial charge in [-0.1, -0.05) is 25.4 Å². The third kappa shape index (κ3) is 3.29. The standard InChI is InChI=1S/C25H31ClN6O2/c1-12(27)24(34)31-9-17-13-4-15(22(17)18(13)10-31)23(33)30-21-5-14(19(26)8-28-21)16-7-29-32-11-25(2,3)6-20(16)32/h5,7-8,12-13,15,17-18,22H,4,6,9-11,27H2,1-3H3,(H,28,30,33)/t12-,13?,15?,17-,18+,22?/m1/s1. The third-order valence-electron chi connectivity index (χ3n) is 8.55. The van der Waals surface area contributed by atoms with Crippen molar-refractivity contribution in [1.29, 1.82) is 0 Å². The molecule has 2 aromatic rings. The minimum Gasteiger partial charge on any atom is -0.341 e. The molecule has 0 radical (unpaired) electrons. The van der Waals surface area contributed by atoms with Gasteiger partial charge < -0.3 is 16.0 Å². The fourth-order valence-electron chi connectivity index (χ4n) is 7.11. The number of carbonyl (C=O) groups excluding carboxylic acids is 2. The van der Waals surface area contributed by atoms with E-state index < -0.39 is 6.04 Å². The molecule has 3 aliphatic carbocycles. The summed E-state index contributed by atoms with van der Waals surface area (Å²) in [5.41, 5.74) is 8.99. The van der Waals surface area contributed by atoms with Crippen LogP contribution < -0.4 is 11.1 Å².